The van der Waals surface area contributed by atoms with E-state index in [0.29, 0.717) is 0 Å². The van der Waals surface area contributed by atoms with Gasteiger partial charge in [0, 0.05) is 11.3 Å². The molecule has 1 heterocycles. The van der Waals surface area contributed by atoms with Crippen molar-refractivity contribution < 1.29 is 19.4 Å². The molecular formula is C19H21N3O4. The van der Waals surface area contributed by atoms with Crippen molar-refractivity contribution in [2.45, 2.75) is 25.3 Å². The molecule has 0 saturated heterocycles. The normalized spacial score (nSPS) is 13.8. The maximum Gasteiger partial charge on any atom is 0.328 e. The summed E-state index contributed by atoms with van der Waals surface area (Å²) < 4.78 is 6.95. The van der Waals surface area contributed by atoms with Crippen LogP contribution in [0.4, 0.5) is 0 Å². The predicted octanol–water partition coefficient (Wildman–Crippen LogP) is 1.75. The summed E-state index contributed by atoms with van der Waals surface area (Å²) in [6.07, 6.45) is 4.07. The maximum absolute atomic E-state index is 12.7. The lowest BCUT2D eigenvalue weighted by Gasteiger charge is -2.13. The minimum atomic E-state index is -1.15. The molecule has 0 bridgehead atoms. The van der Waals surface area contributed by atoms with Gasteiger partial charge in [0.1, 0.15) is 0 Å². The molecule has 136 valence electrons. The fraction of sp³-hybridized carbons (Fsp3) is 0.316. The molecule has 1 amide bonds. The maximum atomic E-state index is 12.7. The second-order valence-electron chi connectivity index (χ2n) is 6.07. The number of carboxylic acid groups (broad SMARTS) is 1. The van der Waals surface area contributed by atoms with Gasteiger partial charge in [-0.1, -0.05) is 24.3 Å². The lowest BCUT2D eigenvalue weighted by Crippen LogP contribution is -2.44. The summed E-state index contributed by atoms with van der Waals surface area (Å²) in [5.74, 6) is -1.64. The summed E-state index contributed by atoms with van der Waals surface area (Å²) in [6, 6.07) is 8.46. The number of aliphatic carboxylic acids is 1. The molecule has 2 N–H and O–H groups in total. The zero-order valence-corrected chi connectivity index (χ0v) is 14.4. The van der Waals surface area contributed by atoms with Gasteiger partial charge in [-0.25, -0.2) is 9.48 Å². The lowest BCUT2D eigenvalue weighted by molar-refractivity contribution is -0.140. The van der Waals surface area contributed by atoms with E-state index in [2.05, 4.69) is 17.0 Å². The summed E-state index contributed by atoms with van der Waals surface area (Å²) in [5.41, 5.74) is 3.07. The Hall–Kier alpha value is -2.93. The van der Waals surface area contributed by atoms with Crippen molar-refractivity contribution in [3.05, 3.63) is 59.9 Å². The molecule has 7 heteroatoms. The lowest BCUT2D eigenvalue weighted by atomic mass is 10.2. The topological polar surface area (TPSA) is 93.5 Å². The zero-order chi connectivity index (χ0) is 18.5. The first-order chi connectivity index (χ1) is 12.6. The number of nitrogens with one attached hydrogen (secondary N) is 1. The monoisotopic (exact) mass is 355 g/mol. The number of carbonyl (C=O) groups is 2. The number of ether oxygens (including phenoxy) is 1. The van der Waals surface area contributed by atoms with E-state index in [1.165, 1.54) is 6.08 Å². The smallest absolute Gasteiger partial charge is 0.328 e. The molecule has 0 fully saturated rings. The number of aromatic nitrogens is 2. The van der Waals surface area contributed by atoms with Gasteiger partial charge >= 0.3 is 5.97 Å². The average molecular weight is 355 g/mol. The number of hydrogen-bond donors (Lipinski definition) is 2. The van der Waals surface area contributed by atoms with Gasteiger partial charge in [0.25, 0.3) is 5.91 Å². The Kier molecular flexibility index (Phi) is 5.48. The number of carboxylic acids is 1. The highest BCUT2D eigenvalue weighted by Gasteiger charge is 2.29. The summed E-state index contributed by atoms with van der Waals surface area (Å²) in [4.78, 5) is 24.0. The molecule has 0 radical (unpaired) electrons. The highest BCUT2D eigenvalue weighted by Crippen LogP contribution is 2.27. The number of amides is 1. The molecule has 0 aliphatic heterocycles. The average Bonchev–Trinajstić information content (AvgIpc) is 3.24. The van der Waals surface area contributed by atoms with E-state index in [1.807, 2.05) is 30.3 Å². The van der Waals surface area contributed by atoms with Crippen LogP contribution in [-0.4, -0.2) is 46.0 Å². The van der Waals surface area contributed by atoms with Crippen molar-refractivity contribution in [3.8, 4) is 5.69 Å². The molecule has 1 atom stereocenters. The van der Waals surface area contributed by atoms with Gasteiger partial charge in [-0.3, -0.25) is 4.79 Å². The minimum Gasteiger partial charge on any atom is -0.480 e. The number of hydrogen-bond acceptors (Lipinski definition) is 4. The van der Waals surface area contributed by atoms with Gasteiger partial charge in [-0.15, -0.1) is 6.58 Å². The number of carbonyl (C=O) groups excluding carboxylic acids is 1. The van der Waals surface area contributed by atoms with Crippen molar-refractivity contribution >= 4 is 11.9 Å². The van der Waals surface area contributed by atoms with Crippen LogP contribution < -0.4 is 5.32 Å². The largest absolute Gasteiger partial charge is 0.480 e. The standard InChI is InChI=1S/C19H21N3O4/c1-2-11-26-12-15(19(24)25)20-18(23)17-14-9-6-10-16(14)22(21-17)13-7-4-3-5-8-13/h2-5,7-8,15H,1,6,9-12H2,(H,20,23)(H,24,25). The van der Waals surface area contributed by atoms with Crippen LogP contribution in [0.15, 0.2) is 43.0 Å². The molecule has 0 saturated carbocycles. The van der Waals surface area contributed by atoms with Gasteiger partial charge in [-0.05, 0) is 31.4 Å². The van der Waals surface area contributed by atoms with Crippen LogP contribution >= 0.6 is 0 Å². The Morgan fingerprint density at radius 1 is 1.35 bits per heavy atom. The SMILES string of the molecule is C=CCOCC(NC(=O)c1nn(-c2ccccc2)c2c1CCC2)C(=O)O. The third-order valence-corrected chi connectivity index (χ3v) is 4.27. The van der Waals surface area contributed by atoms with Gasteiger partial charge in [0.15, 0.2) is 11.7 Å². The fourth-order valence-corrected chi connectivity index (χ4v) is 3.07. The van der Waals surface area contributed by atoms with Crippen molar-refractivity contribution in [1.82, 2.24) is 15.1 Å². The molecule has 1 aliphatic rings. The minimum absolute atomic E-state index is 0.130. The van der Waals surface area contributed by atoms with Gasteiger partial charge < -0.3 is 15.2 Å². The van der Waals surface area contributed by atoms with E-state index in [4.69, 9.17) is 4.74 Å². The fourth-order valence-electron chi connectivity index (χ4n) is 3.07. The first-order valence-corrected chi connectivity index (χ1v) is 8.50. The van der Waals surface area contributed by atoms with E-state index in [-0.39, 0.29) is 18.9 Å². The Labute approximate surface area is 151 Å². The quantitative estimate of drug-likeness (QED) is 0.556. The Morgan fingerprint density at radius 3 is 2.81 bits per heavy atom. The van der Waals surface area contributed by atoms with Crippen LogP contribution in [0.2, 0.25) is 0 Å². The molecule has 1 aromatic carbocycles. The predicted molar refractivity (Wildman–Crippen MR) is 95.5 cm³/mol. The van der Waals surface area contributed by atoms with E-state index in [0.717, 1.165) is 36.2 Å². The highest BCUT2D eigenvalue weighted by atomic mass is 16.5. The zero-order valence-electron chi connectivity index (χ0n) is 14.4. The molecule has 7 nitrogen and oxygen atoms in total. The molecule has 1 unspecified atom stereocenters. The number of fused-ring (bicyclic) bond motifs is 1. The second kappa shape index (κ2) is 7.97. The summed E-state index contributed by atoms with van der Waals surface area (Å²) >= 11 is 0. The van der Waals surface area contributed by atoms with Crippen molar-refractivity contribution in [2.75, 3.05) is 13.2 Å². The summed E-state index contributed by atoms with van der Waals surface area (Å²) in [6.45, 7) is 3.60. The van der Waals surface area contributed by atoms with Crippen molar-refractivity contribution in [3.63, 3.8) is 0 Å². The van der Waals surface area contributed by atoms with Crippen LogP contribution in [-0.2, 0) is 22.4 Å². The van der Waals surface area contributed by atoms with Crippen LogP contribution in [0.3, 0.4) is 0 Å². The third kappa shape index (κ3) is 3.67. The molecule has 3 rings (SSSR count). The highest BCUT2D eigenvalue weighted by molar-refractivity contribution is 5.96. The van der Waals surface area contributed by atoms with Gasteiger partial charge in [-0.2, -0.15) is 5.10 Å². The number of benzene rings is 1. The molecule has 1 aromatic heterocycles. The molecule has 2 aromatic rings. The van der Waals surface area contributed by atoms with Crippen LogP contribution in [0, 0.1) is 0 Å². The molecule has 1 aliphatic carbocycles. The molecule has 26 heavy (non-hydrogen) atoms. The first kappa shape index (κ1) is 17.9. The van der Waals surface area contributed by atoms with Crippen LogP contribution in [0.1, 0.15) is 28.2 Å². The Bertz CT molecular complexity index is 814. The Morgan fingerprint density at radius 2 is 2.12 bits per heavy atom. The number of rotatable bonds is 8. The molecular weight excluding hydrogens is 334 g/mol. The third-order valence-electron chi connectivity index (χ3n) is 4.27. The number of nitrogens with zero attached hydrogens (tertiary/aromatic N) is 2. The Balaban J connectivity index is 1.83. The van der Waals surface area contributed by atoms with E-state index < -0.39 is 17.9 Å². The van der Waals surface area contributed by atoms with Crippen LogP contribution in [0.5, 0.6) is 0 Å². The van der Waals surface area contributed by atoms with E-state index in [9.17, 15) is 14.7 Å². The van der Waals surface area contributed by atoms with Crippen molar-refractivity contribution in [2.24, 2.45) is 0 Å². The van der Waals surface area contributed by atoms with Crippen LogP contribution in [0.25, 0.3) is 5.69 Å². The van der Waals surface area contributed by atoms with Crippen molar-refractivity contribution in [1.29, 1.82) is 0 Å². The van der Waals surface area contributed by atoms with Gasteiger partial charge in [0.2, 0.25) is 0 Å². The first-order valence-electron chi connectivity index (χ1n) is 8.50. The summed E-state index contributed by atoms with van der Waals surface area (Å²) in [7, 11) is 0. The van der Waals surface area contributed by atoms with E-state index in [1.54, 1.807) is 4.68 Å². The summed E-state index contributed by atoms with van der Waals surface area (Å²) in [5, 5.41) is 16.3. The molecule has 0 spiro atoms. The second-order valence-corrected chi connectivity index (χ2v) is 6.07. The van der Waals surface area contributed by atoms with Gasteiger partial charge in [0.05, 0.1) is 18.9 Å². The van der Waals surface area contributed by atoms with E-state index >= 15 is 0 Å². The number of para-hydroxylation sites is 1.